The van der Waals surface area contributed by atoms with Gasteiger partial charge in [0.25, 0.3) is 0 Å². The highest BCUT2D eigenvalue weighted by Gasteiger charge is 2.22. The summed E-state index contributed by atoms with van der Waals surface area (Å²) in [4.78, 5) is 3.85. The molecule has 1 unspecified atom stereocenters. The van der Waals surface area contributed by atoms with Crippen molar-refractivity contribution in [1.82, 2.24) is 4.98 Å². The molecule has 0 aliphatic heterocycles. The molecule has 1 N–H and O–H groups in total. The van der Waals surface area contributed by atoms with Gasteiger partial charge in [-0.25, -0.2) is 4.39 Å². The zero-order valence-corrected chi connectivity index (χ0v) is 11.2. The van der Waals surface area contributed by atoms with Crippen molar-refractivity contribution in [2.45, 2.75) is 18.9 Å². The fourth-order valence-corrected chi connectivity index (χ4v) is 2.84. The minimum absolute atomic E-state index is 0.247. The van der Waals surface area contributed by atoms with Crippen molar-refractivity contribution < 1.29 is 4.39 Å². The highest BCUT2D eigenvalue weighted by Crippen LogP contribution is 2.35. The van der Waals surface area contributed by atoms with Crippen LogP contribution in [0.3, 0.4) is 0 Å². The molecule has 1 aromatic heterocycles. The summed E-state index contributed by atoms with van der Waals surface area (Å²) >= 11 is 3.48. The second kappa shape index (κ2) is 4.69. The monoisotopic (exact) mass is 306 g/mol. The van der Waals surface area contributed by atoms with E-state index in [-0.39, 0.29) is 11.9 Å². The van der Waals surface area contributed by atoms with Gasteiger partial charge in [0.05, 0.1) is 24.1 Å². The van der Waals surface area contributed by atoms with E-state index in [2.05, 4.69) is 38.4 Å². The molecule has 0 saturated heterocycles. The normalized spacial score (nSPS) is 17.6. The number of hydrogen-bond donors (Lipinski definition) is 1. The summed E-state index contributed by atoms with van der Waals surface area (Å²) in [6.45, 7) is 0. The molecular formula is C14H12BrFN2. The summed E-state index contributed by atoms with van der Waals surface area (Å²) in [5, 5.41) is 3.34. The number of aromatic nitrogens is 1. The Bertz CT molecular complexity index is 586. The summed E-state index contributed by atoms with van der Waals surface area (Å²) in [7, 11) is 0. The maximum Gasteiger partial charge on any atom is 0.143 e. The molecule has 1 heterocycles. The molecule has 4 heteroatoms. The van der Waals surface area contributed by atoms with Crippen LogP contribution >= 0.6 is 15.9 Å². The number of pyridine rings is 1. The lowest BCUT2D eigenvalue weighted by Crippen LogP contribution is -2.07. The lowest BCUT2D eigenvalue weighted by atomic mass is 10.1. The van der Waals surface area contributed by atoms with Gasteiger partial charge in [-0.1, -0.05) is 22.0 Å². The number of nitrogens with one attached hydrogen (secondary N) is 1. The quantitative estimate of drug-likeness (QED) is 0.904. The van der Waals surface area contributed by atoms with E-state index < -0.39 is 0 Å². The lowest BCUT2D eigenvalue weighted by Gasteiger charge is -2.15. The molecule has 0 saturated carbocycles. The molecule has 0 bridgehead atoms. The second-order valence-electron chi connectivity index (χ2n) is 4.47. The second-order valence-corrected chi connectivity index (χ2v) is 5.39. The van der Waals surface area contributed by atoms with Gasteiger partial charge in [-0.3, -0.25) is 4.98 Å². The van der Waals surface area contributed by atoms with E-state index in [1.165, 1.54) is 23.4 Å². The van der Waals surface area contributed by atoms with Gasteiger partial charge >= 0.3 is 0 Å². The zero-order valence-electron chi connectivity index (χ0n) is 9.66. The molecule has 0 fully saturated rings. The number of nitrogens with zero attached hydrogens (tertiary/aromatic N) is 1. The van der Waals surface area contributed by atoms with E-state index >= 15 is 0 Å². The van der Waals surface area contributed by atoms with E-state index in [1.54, 1.807) is 6.20 Å². The number of rotatable bonds is 2. The Labute approximate surface area is 113 Å². The Hall–Kier alpha value is -1.42. The van der Waals surface area contributed by atoms with Crippen LogP contribution in [0.2, 0.25) is 0 Å². The molecule has 92 valence electrons. The van der Waals surface area contributed by atoms with Crippen LogP contribution in [0.5, 0.6) is 0 Å². The fraction of sp³-hybridized carbons (Fsp3) is 0.214. The van der Waals surface area contributed by atoms with Gasteiger partial charge in [0.15, 0.2) is 0 Å². The molecule has 3 rings (SSSR count). The first-order valence-corrected chi connectivity index (χ1v) is 6.67. The van der Waals surface area contributed by atoms with Gasteiger partial charge < -0.3 is 5.32 Å². The highest BCUT2D eigenvalue weighted by atomic mass is 79.9. The minimum atomic E-state index is -0.311. The number of halogens is 2. The first-order valence-electron chi connectivity index (χ1n) is 5.88. The highest BCUT2D eigenvalue weighted by molar-refractivity contribution is 9.10. The Balaban J connectivity index is 1.85. The molecule has 1 aromatic carbocycles. The molecule has 0 amide bonds. The minimum Gasteiger partial charge on any atom is -0.377 e. The zero-order chi connectivity index (χ0) is 12.5. The Morgan fingerprint density at radius 1 is 1.28 bits per heavy atom. The van der Waals surface area contributed by atoms with Crippen LogP contribution in [0, 0.1) is 5.82 Å². The van der Waals surface area contributed by atoms with Crippen molar-refractivity contribution >= 4 is 21.6 Å². The van der Waals surface area contributed by atoms with Crippen LogP contribution in [-0.2, 0) is 6.42 Å². The van der Waals surface area contributed by atoms with Gasteiger partial charge in [0.1, 0.15) is 5.82 Å². The predicted octanol–water partition coefficient (Wildman–Crippen LogP) is 4.08. The van der Waals surface area contributed by atoms with Crippen LogP contribution in [0.15, 0.2) is 41.1 Å². The van der Waals surface area contributed by atoms with E-state index in [4.69, 9.17) is 0 Å². The van der Waals surface area contributed by atoms with E-state index in [0.717, 1.165) is 23.0 Å². The molecule has 1 atom stereocenters. The van der Waals surface area contributed by atoms with Crippen molar-refractivity contribution in [2.24, 2.45) is 0 Å². The molecule has 2 aromatic rings. The third kappa shape index (κ3) is 2.25. The van der Waals surface area contributed by atoms with E-state index in [9.17, 15) is 4.39 Å². The standard InChI is InChI=1S/C14H12BrFN2/c15-10-2-3-13-9(5-10)1-4-14(13)18-12-6-11(16)7-17-8-12/h2-3,5-8,14,18H,1,4H2. The molecule has 18 heavy (non-hydrogen) atoms. The van der Waals surface area contributed by atoms with Crippen LogP contribution in [0.4, 0.5) is 10.1 Å². The summed E-state index contributed by atoms with van der Waals surface area (Å²) < 4.78 is 14.2. The van der Waals surface area contributed by atoms with Crippen molar-refractivity contribution in [3.05, 3.63) is 58.1 Å². The Morgan fingerprint density at radius 2 is 2.17 bits per heavy atom. The number of hydrogen-bond acceptors (Lipinski definition) is 2. The van der Waals surface area contributed by atoms with Crippen molar-refractivity contribution in [2.75, 3.05) is 5.32 Å². The largest absolute Gasteiger partial charge is 0.377 e. The topological polar surface area (TPSA) is 24.9 Å². The van der Waals surface area contributed by atoms with Gasteiger partial charge in [0.2, 0.25) is 0 Å². The van der Waals surface area contributed by atoms with E-state index in [1.807, 2.05) is 6.07 Å². The van der Waals surface area contributed by atoms with Crippen LogP contribution in [0.25, 0.3) is 0 Å². The fourth-order valence-electron chi connectivity index (χ4n) is 2.43. The van der Waals surface area contributed by atoms with Crippen molar-refractivity contribution in [3.63, 3.8) is 0 Å². The van der Waals surface area contributed by atoms with Gasteiger partial charge in [-0.15, -0.1) is 0 Å². The summed E-state index contributed by atoms with van der Waals surface area (Å²) in [5.74, 6) is -0.311. The lowest BCUT2D eigenvalue weighted by molar-refractivity contribution is 0.621. The number of fused-ring (bicyclic) bond motifs is 1. The van der Waals surface area contributed by atoms with Crippen LogP contribution < -0.4 is 5.32 Å². The predicted molar refractivity (Wildman–Crippen MR) is 73.0 cm³/mol. The first-order chi connectivity index (χ1) is 8.72. The van der Waals surface area contributed by atoms with Gasteiger partial charge in [0, 0.05) is 10.5 Å². The summed E-state index contributed by atoms with van der Waals surface area (Å²) in [5.41, 5.74) is 3.38. The SMILES string of the molecule is Fc1cncc(NC2CCc3cc(Br)ccc32)c1. The molecular weight excluding hydrogens is 295 g/mol. The maximum absolute atomic E-state index is 13.1. The average Bonchev–Trinajstić information content (AvgIpc) is 2.72. The van der Waals surface area contributed by atoms with Crippen LogP contribution in [0.1, 0.15) is 23.6 Å². The number of aryl methyl sites for hydroxylation is 1. The van der Waals surface area contributed by atoms with Gasteiger partial charge in [-0.2, -0.15) is 0 Å². The van der Waals surface area contributed by atoms with E-state index in [0.29, 0.717) is 0 Å². The first kappa shape index (κ1) is 11.7. The maximum atomic E-state index is 13.1. The number of benzene rings is 1. The van der Waals surface area contributed by atoms with Crippen molar-refractivity contribution in [1.29, 1.82) is 0 Å². The van der Waals surface area contributed by atoms with Crippen LogP contribution in [-0.4, -0.2) is 4.98 Å². The smallest absolute Gasteiger partial charge is 0.143 e. The molecule has 2 nitrogen and oxygen atoms in total. The third-order valence-electron chi connectivity index (χ3n) is 3.23. The molecule has 0 radical (unpaired) electrons. The summed E-state index contributed by atoms with van der Waals surface area (Å²) in [6.07, 6.45) is 4.95. The average molecular weight is 307 g/mol. The number of anilines is 1. The molecule has 1 aliphatic carbocycles. The molecule has 0 spiro atoms. The third-order valence-corrected chi connectivity index (χ3v) is 3.72. The van der Waals surface area contributed by atoms with Gasteiger partial charge in [-0.05, 0) is 36.1 Å². The van der Waals surface area contributed by atoms with Crippen molar-refractivity contribution in [3.8, 4) is 0 Å². The Kier molecular flexibility index (Phi) is 3.04. The molecule has 1 aliphatic rings. The Morgan fingerprint density at radius 3 is 3.00 bits per heavy atom. The summed E-state index contributed by atoms with van der Waals surface area (Å²) in [6, 6.07) is 8.04.